The van der Waals surface area contributed by atoms with Gasteiger partial charge < -0.3 is 37.0 Å². The zero-order valence-corrected chi connectivity index (χ0v) is 22.0. The van der Waals surface area contributed by atoms with E-state index in [2.05, 4.69) is 21.3 Å². The van der Waals surface area contributed by atoms with Gasteiger partial charge in [-0.2, -0.15) is 0 Å². The molecule has 5 amide bonds. The van der Waals surface area contributed by atoms with Gasteiger partial charge in [-0.25, -0.2) is 0 Å². The molecular weight excluding hydrogens is 492 g/mol. The molecule has 2 heterocycles. The molecule has 7 N–H and O–H groups in total. The van der Waals surface area contributed by atoms with E-state index in [1.165, 1.54) is 11.8 Å². The third-order valence-electron chi connectivity index (χ3n) is 6.74. The number of carbonyl (C=O) groups is 5. The van der Waals surface area contributed by atoms with Gasteiger partial charge in [0.2, 0.25) is 29.5 Å². The van der Waals surface area contributed by atoms with E-state index in [0.717, 1.165) is 0 Å². The highest BCUT2D eigenvalue weighted by Crippen LogP contribution is 2.20. The van der Waals surface area contributed by atoms with E-state index in [4.69, 9.17) is 5.73 Å². The monoisotopic (exact) mass is 530 g/mol. The number of aliphatic hydroxyl groups excluding tert-OH is 1. The minimum atomic E-state index is -1.33. The number of amides is 5. The molecule has 0 saturated carbocycles. The van der Waals surface area contributed by atoms with E-state index in [1.807, 2.05) is 19.9 Å². The van der Waals surface area contributed by atoms with Gasteiger partial charge in [0.25, 0.3) is 0 Å². The summed E-state index contributed by atoms with van der Waals surface area (Å²) in [7, 11) is 0. The molecule has 2 saturated heterocycles. The number of rotatable bonds is 4. The van der Waals surface area contributed by atoms with Crippen LogP contribution < -0.4 is 27.0 Å². The Labute approximate surface area is 222 Å². The smallest absolute Gasteiger partial charge is 0.248 e. The molecule has 0 spiro atoms. The van der Waals surface area contributed by atoms with Crippen LogP contribution in [0.3, 0.4) is 0 Å². The highest BCUT2D eigenvalue weighted by Gasteiger charge is 2.42. The van der Waals surface area contributed by atoms with Crippen molar-refractivity contribution in [3.05, 3.63) is 35.9 Å². The van der Waals surface area contributed by atoms with E-state index in [0.29, 0.717) is 5.56 Å². The minimum Gasteiger partial charge on any atom is -0.394 e. The summed E-state index contributed by atoms with van der Waals surface area (Å²) in [5, 5.41) is 20.7. The second-order valence-corrected chi connectivity index (χ2v) is 10.4. The topological polar surface area (TPSA) is 183 Å². The molecule has 3 rings (SSSR count). The maximum absolute atomic E-state index is 13.3. The van der Waals surface area contributed by atoms with Crippen LogP contribution in [0.1, 0.15) is 51.6 Å². The van der Waals surface area contributed by atoms with Gasteiger partial charge in [-0.3, -0.25) is 24.0 Å². The molecule has 2 aliphatic heterocycles. The third kappa shape index (κ3) is 7.29. The molecule has 12 heteroatoms. The standard InChI is InChI=1S/C26H38N6O6/c1-14(2)9-19-24(36)31-20(13-33)26(38)32-12-17(27)10-21(32)25(37)28-15(3)23(35)30-18(11-22(34)29-19)16-7-5-4-6-8-16/h4-8,14-15,17-21,33H,9-13,27H2,1-3H3,(H,28,37)(H,29,34)(H,30,35)(H,31,36)/t15-,17-,18-,19-,20-,21-/m0/s1. The van der Waals surface area contributed by atoms with Crippen LogP contribution in [0.15, 0.2) is 30.3 Å². The first kappa shape index (κ1) is 29.1. The molecule has 1 aromatic carbocycles. The summed E-state index contributed by atoms with van der Waals surface area (Å²) in [6.45, 7) is 4.62. The summed E-state index contributed by atoms with van der Waals surface area (Å²) in [4.78, 5) is 67.0. The van der Waals surface area contributed by atoms with Crippen LogP contribution in [0.5, 0.6) is 0 Å². The number of benzene rings is 1. The number of nitrogens with one attached hydrogen (secondary N) is 4. The van der Waals surface area contributed by atoms with Crippen LogP contribution in [0.4, 0.5) is 0 Å². The summed E-state index contributed by atoms with van der Waals surface area (Å²) >= 11 is 0. The third-order valence-corrected chi connectivity index (χ3v) is 6.74. The molecule has 0 unspecified atom stereocenters. The predicted molar refractivity (Wildman–Crippen MR) is 138 cm³/mol. The zero-order valence-electron chi connectivity index (χ0n) is 22.0. The Morgan fingerprint density at radius 2 is 1.63 bits per heavy atom. The fraction of sp³-hybridized carbons (Fsp3) is 0.577. The van der Waals surface area contributed by atoms with Crippen LogP contribution in [-0.2, 0) is 24.0 Å². The molecule has 0 aromatic heterocycles. The first-order valence-corrected chi connectivity index (χ1v) is 12.9. The van der Waals surface area contributed by atoms with Crippen molar-refractivity contribution in [1.29, 1.82) is 0 Å². The fourth-order valence-corrected chi connectivity index (χ4v) is 4.77. The Kier molecular flexibility index (Phi) is 9.81. The highest BCUT2D eigenvalue weighted by atomic mass is 16.3. The highest BCUT2D eigenvalue weighted by molar-refractivity contribution is 5.96. The van der Waals surface area contributed by atoms with Crippen LogP contribution >= 0.6 is 0 Å². The first-order chi connectivity index (χ1) is 18.0. The zero-order chi connectivity index (χ0) is 28.0. The summed E-state index contributed by atoms with van der Waals surface area (Å²) < 4.78 is 0. The Balaban J connectivity index is 1.97. The van der Waals surface area contributed by atoms with Crippen molar-refractivity contribution in [3.8, 4) is 0 Å². The Morgan fingerprint density at radius 1 is 0.947 bits per heavy atom. The van der Waals surface area contributed by atoms with Crippen LogP contribution in [0, 0.1) is 5.92 Å². The van der Waals surface area contributed by atoms with E-state index >= 15 is 0 Å². The summed E-state index contributed by atoms with van der Waals surface area (Å²) in [5.74, 6) is -2.86. The lowest BCUT2D eigenvalue weighted by atomic mass is 10.00. The molecule has 6 atom stereocenters. The van der Waals surface area contributed by atoms with Crippen molar-refractivity contribution >= 4 is 29.5 Å². The quantitative estimate of drug-likeness (QED) is 0.279. The predicted octanol–water partition coefficient (Wildman–Crippen LogP) is -1.31. The molecule has 38 heavy (non-hydrogen) atoms. The average molecular weight is 531 g/mol. The van der Waals surface area contributed by atoms with Crippen molar-refractivity contribution in [2.45, 2.75) is 76.3 Å². The lowest BCUT2D eigenvalue weighted by Gasteiger charge is -2.30. The molecule has 12 nitrogen and oxygen atoms in total. The number of nitrogens with zero attached hydrogens (tertiary/aromatic N) is 1. The second kappa shape index (κ2) is 12.8. The van der Waals surface area contributed by atoms with E-state index in [1.54, 1.807) is 24.3 Å². The van der Waals surface area contributed by atoms with Crippen LogP contribution in [0.25, 0.3) is 0 Å². The summed E-state index contributed by atoms with van der Waals surface area (Å²) in [5.41, 5.74) is 6.73. The molecule has 2 fully saturated rings. The Morgan fingerprint density at radius 3 is 2.26 bits per heavy atom. The summed E-state index contributed by atoms with van der Waals surface area (Å²) in [6.07, 6.45) is 0.283. The van der Waals surface area contributed by atoms with Crippen molar-refractivity contribution < 1.29 is 29.1 Å². The van der Waals surface area contributed by atoms with Gasteiger partial charge in [-0.1, -0.05) is 44.2 Å². The fourth-order valence-electron chi connectivity index (χ4n) is 4.77. The Bertz CT molecular complexity index is 1030. The molecular formula is C26H38N6O6. The van der Waals surface area contributed by atoms with Gasteiger partial charge in [-0.15, -0.1) is 0 Å². The maximum atomic E-state index is 13.3. The Hall–Kier alpha value is -3.51. The van der Waals surface area contributed by atoms with E-state index in [9.17, 15) is 29.1 Å². The molecule has 208 valence electrons. The number of carbonyl (C=O) groups excluding carboxylic acids is 5. The van der Waals surface area contributed by atoms with Gasteiger partial charge in [0, 0.05) is 12.6 Å². The van der Waals surface area contributed by atoms with Crippen molar-refractivity contribution in [1.82, 2.24) is 26.2 Å². The summed E-state index contributed by atoms with van der Waals surface area (Å²) in [6, 6.07) is 3.44. The van der Waals surface area contributed by atoms with Gasteiger partial charge in [0.1, 0.15) is 24.2 Å². The second-order valence-electron chi connectivity index (χ2n) is 10.4. The number of hydrogen-bond donors (Lipinski definition) is 6. The lowest BCUT2D eigenvalue weighted by Crippen LogP contribution is -2.59. The maximum Gasteiger partial charge on any atom is 0.248 e. The number of hydrogen-bond acceptors (Lipinski definition) is 7. The van der Waals surface area contributed by atoms with Crippen molar-refractivity contribution in [3.63, 3.8) is 0 Å². The average Bonchev–Trinajstić information content (AvgIpc) is 3.27. The lowest BCUT2D eigenvalue weighted by molar-refractivity contribution is -0.143. The van der Waals surface area contributed by atoms with Crippen LogP contribution in [-0.4, -0.2) is 82.9 Å². The number of fused-ring (bicyclic) bond motifs is 1. The van der Waals surface area contributed by atoms with Gasteiger partial charge in [-0.05, 0) is 31.2 Å². The van der Waals surface area contributed by atoms with E-state index < -0.39 is 72.4 Å². The SMILES string of the molecule is CC(C)C[C@@H]1NC(=O)C[C@@H](c2ccccc2)NC(=O)[C@H](C)NC(=O)[C@@H]2C[C@H](N)CN2C(=O)[C@H](CO)NC1=O. The first-order valence-electron chi connectivity index (χ1n) is 12.9. The molecule has 0 radical (unpaired) electrons. The molecule has 1 aromatic rings. The number of aliphatic hydroxyl groups is 1. The normalized spacial score (nSPS) is 29.8. The van der Waals surface area contributed by atoms with Gasteiger partial charge in [0.05, 0.1) is 19.1 Å². The molecule has 0 aliphatic carbocycles. The van der Waals surface area contributed by atoms with Gasteiger partial charge in [0.15, 0.2) is 0 Å². The van der Waals surface area contributed by atoms with Crippen LogP contribution in [0.2, 0.25) is 0 Å². The van der Waals surface area contributed by atoms with Crippen molar-refractivity contribution in [2.75, 3.05) is 13.2 Å². The largest absolute Gasteiger partial charge is 0.394 e. The van der Waals surface area contributed by atoms with Gasteiger partial charge >= 0.3 is 0 Å². The minimum absolute atomic E-state index is 0.0232. The number of nitrogens with two attached hydrogens (primary N) is 1. The molecule has 2 aliphatic rings. The van der Waals surface area contributed by atoms with E-state index in [-0.39, 0.29) is 31.7 Å². The van der Waals surface area contributed by atoms with Crippen molar-refractivity contribution in [2.24, 2.45) is 11.7 Å². The molecule has 0 bridgehead atoms.